The summed E-state index contributed by atoms with van der Waals surface area (Å²) in [5, 5.41) is 0. The molecule has 0 heterocycles. The van der Waals surface area contributed by atoms with Gasteiger partial charge in [-0.1, -0.05) is 33.0 Å². The molecular weight excluding hydrogens is 200 g/mol. The second-order valence-corrected chi connectivity index (χ2v) is 6.09. The van der Waals surface area contributed by atoms with Crippen LogP contribution in [0.5, 0.6) is 0 Å². The molecule has 1 aliphatic carbocycles. The Labute approximate surface area is 89.7 Å². The lowest BCUT2D eigenvalue weighted by Gasteiger charge is -2.29. The molecule has 2 atom stereocenters. The number of thiocarbonyl (C=S) groups is 1. The Balaban J connectivity index is 2.86. The summed E-state index contributed by atoms with van der Waals surface area (Å²) in [5.74, 6) is 0.614. The van der Waals surface area contributed by atoms with Gasteiger partial charge < -0.3 is 0 Å². The Kier molecular flexibility index (Phi) is 3.18. The van der Waals surface area contributed by atoms with Crippen molar-refractivity contribution in [2.45, 2.75) is 31.9 Å². The zero-order valence-corrected chi connectivity index (χ0v) is 10.2. The van der Waals surface area contributed by atoms with Crippen molar-refractivity contribution < 1.29 is 4.79 Å². The van der Waals surface area contributed by atoms with Gasteiger partial charge in [0.15, 0.2) is 0 Å². The number of carbonyl (C=O) groups excluding carboxylic acids is 1. The van der Waals surface area contributed by atoms with Crippen LogP contribution in [0.3, 0.4) is 0 Å². The molecule has 1 saturated carbocycles. The summed E-state index contributed by atoms with van der Waals surface area (Å²) in [6, 6.07) is 0. The summed E-state index contributed by atoms with van der Waals surface area (Å²) < 4.78 is 0.109. The van der Waals surface area contributed by atoms with E-state index in [0.717, 1.165) is 4.86 Å². The van der Waals surface area contributed by atoms with Gasteiger partial charge in [-0.25, -0.2) is 0 Å². The summed E-state index contributed by atoms with van der Waals surface area (Å²) in [6.07, 6.45) is 2.73. The molecule has 0 bridgehead atoms. The monoisotopic (exact) mass is 216 g/mol. The van der Waals surface area contributed by atoms with E-state index < -0.39 is 0 Å². The van der Waals surface area contributed by atoms with E-state index in [4.69, 9.17) is 12.2 Å². The number of thioether (sulfide) groups is 1. The molecule has 0 aliphatic heterocycles. The zero-order chi connectivity index (χ0) is 10.2. The summed E-state index contributed by atoms with van der Waals surface area (Å²) in [5.41, 5.74) is 0. The van der Waals surface area contributed by atoms with Crippen LogP contribution in [0.2, 0.25) is 0 Å². The molecule has 1 aliphatic rings. The molecule has 13 heavy (non-hydrogen) atoms. The first-order valence-corrected chi connectivity index (χ1v) is 6.15. The van der Waals surface area contributed by atoms with Gasteiger partial charge in [-0.2, -0.15) is 11.8 Å². The molecule has 1 rings (SSSR count). The summed E-state index contributed by atoms with van der Waals surface area (Å²) >= 11 is 7.11. The lowest BCUT2D eigenvalue weighted by atomic mass is 9.92. The largest absolute Gasteiger partial charge is 0.299 e. The van der Waals surface area contributed by atoms with Crippen LogP contribution in [0.4, 0.5) is 0 Å². The fraction of sp³-hybridized carbons (Fsp3) is 0.800. The molecule has 2 unspecified atom stereocenters. The molecular formula is C10H16OS2. The molecule has 0 spiro atoms. The van der Waals surface area contributed by atoms with Gasteiger partial charge in [0.05, 0.1) is 0 Å². The highest BCUT2D eigenvalue weighted by Gasteiger charge is 2.42. The summed E-state index contributed by atoms with van der Waals surface area (Å²) in [6.45, 7) is 6.26. The van der Waals surface area contributed by atoms with Crippen molar-refractivity contribution in [3.8, 4) is 0 Å². The van der Waals surface area contributed by atoms with Gasteiger partial charge in [0, 0.05) is 27.9 Å². The minimum atomic E-state index is 0.00595. The Bertz CT molecular complexity index is 245. The Hall–Kier alpha value is 0.110. The minimum absolute atomic E-state index is 0.00595. The normalized spacial score (nSPS) is 29.8. The third-order valence-electron chi connectivity index (χ3n) is 3.02. The number of carbonyl (C=O) groups is 1. The average Bonchev–Trinajstić information content (AvgIpc) is 2.33. The second kappa shape index (κ2) is 3.70. The first-order valence-electron chi connectivity index (χ1n) is 4.51. The molecule has 0 N–H and O–H groups in total. The third-order valence-corrected chi connectivity index (χ3v) is 5.00. The second-order valence-electron chi connectivity index (χ2n) is 4.15. The number of hydrogen-bond donors (Lipinski definition) is 0. The Morgan fingerprint density at radius 2 is 2.08 bits per heavy atom. The van der Waals surface area contributed by atoms with Crippen molar-refractivity contribution in [3.63, 3.8) is 0 Å². The minimum Gasteiger partial charge on any atom is -0.299 e. The molecule has 3 heteroatoms. The molecule has 0 radical (unpaired) electrons. The maximum atomic E-state index is 11.5. The van der Waals surface area contributed by atoms with Gasteiger partial charge in [-0.15, -0.1) is 0 Å². The van der Waals surface area contributed by atoms with Crippen molar-refractivity contribution >= 4 is 34.6 Å². The maximum Gasteiger partial charge on any atom is 0.141 e. The van der Waals surface area contributed by atoms with Crippen molar-refractivity contribution in [3.05, 3.63) is 0 Å². The van der Waals surface area contributed by atoms with E-state index in [2.05, 4.69) is 20.1 Å². The molecule has 74 valence electrons. The Morgan fingerprint density at radius 1 is 1.54 bits per heavy atom. The van der Waals surface area contributed by atoms with Crippen molar-refractivity contribution in [2.75, 3.05) is 6.26 Å². The van der Waals surface area contributed by atoms with Crippen LogP contribution in [0.1, 0.15) is 27.2 Å². The molecule has 0 saturated heterocycles. The summed E-state index contributed by atoms with van der Waals surface area (Å²) in [4.78, 5) is 12.4. The van der Waals surface area contributed by atoms with E-state index >= 15 is 0 Å². The van der Waals surface area contributed by atoms with Crippen LogP contribution < -0.4 is 0 Å². The maximum absolute atomic E-state index is 11.5. The Morgan fingerprint density at radius 3 is 2.38 bits per heavy atom. The smallest absolute Gasteiger partial charge is 0.141 e. The van der Waals surface area contributed by atoms with Crippen molar-refractivity contribution in [1.82, 2.24) is 0 Å². The predicted octanol–water partition coefficient (Wildman–Crippen LogP) is 2.72. The van der Waals surface area contributed by atoms with Gasteiger partial charge in [-0.3, -0.25) is 4.79 Å². The van der Waals surface area contributed by atoms with E-state index in [1.54, 1.807) is 11.8 Å². The fourth-order valence-corrected chi connectivity index (χ4v) is 2.75. The molecule has 0 aromatic heterocycles. The lowest BCUT2D eigenvalue weighted by Crippen LogP contribution is -2.30. The topological polar surface area (TPSA) is 17.1 Å². The van der Waals surface area contributed by atoms with E-state index in [9.17, 15) is 4.79 Å². The number of Topliss-reactive ketones (excluding diaryl/α,β-unsaturated/α-hetero) is 1. The van der Waals surface area contributed by atoms with Crippen LogP contribution in [-0.2, 0) is 4.79 Å². The van der Waals surface area contributed by atoms with Crippen LogP contribution in [0, 0.1) is 11.8 Å². The third kappa shape index (κ3) is 1.96. The van der Waals surface area contributed by atoms with E-state index in [1.807, 2.05) is 6.92 Å². The predicted molar refractivity (Wildman–Crippen MR) is 62.5 cm³/mol. The molecule has 1 nitrogen and oxygen atoms in total. The van der Waals surface area contributed by atoms with E-state index in [-0.39, 0.29) is 10.7 Å². The van der Waals surface area contributed by atoms with Gasteiger partial charge >= 0.3 is 0 Å². The van der Waals surface area contributed by atoms with Crippen molar-refractivity contribution in [2.24, 2.45) is 11.8 Å². The van der Waals surface area contributed by atoms with Crippen molar-refractivity contribution in [1.29, 1.82) is 0 Å². The first-order chi connectivity index (χ1) is 5.90. The van der Waals surface area contributed by atoms with Gasteiger partial charge in [0.1, 0.15) is 5.78 Å². The average molecular weight is 216 g/mol. The van der Waals surface area contributed by atoms with Crippen LogP contribution in [0.25, 0.3) is 0 Å². The molecule has 0 aromatic carbocycles. The van der Waals surface area contributed by atoms with Crippen LogP contribution >= 0.6 is 24.0 Å². The van der Waals surface area contributed by atoms with Crippen LogP contribution in [-0.4, -0.2) is 21.7 Å². The lowest BCUT2D eigenvalue weighted by molar-refractivity contribution is -0.119. The number of rotatable bonds is 2. The highest BCUT2D eigenvalue weighted by molar-refractivity contribution is 8.00. The summed E-state index contributed by atoms with van der Waals surface area (Å²) in [7, 11) is 0. The SMILES string of the molecule is CSC(C)(C)C1CC(=O)C(C)C1=S. The van der Waals surface area contributed by atoms with Gasteiger partial charge in [0.2, 0.25) is 0 Å². The van der Waals surface area contributed by atoms with E-state index in [1.165, 1.54) is 0 Å². The highest BCUT2D eigenvalue weighted by Crippen LogP contribution is 2.40. The molecule has 0 aromatic rings. The highest BCUT2D eigenvalue weighted by atomic mass is 32.2. The van der Waals surface area contributed by atoms with Gasteiger partial charge in [0.25, 0.3) is 0 Å². The fourth-order valence-electron chi connectivity index (χ4n) is 1.67. The number of hydrogen-bond acceptors (Lipinski definition) is 3. The van der Waals surface area contributed by atoms with Crippen LogP contribution in [0.15, 0.2) is 0 Å². The quantitative estimate of drug-likeness (QED) is 0.661. The first kappa shape index (κ1) is 11.2. The van der Waals surface area contributed by atoms with E-state index in [0.29, 0.717) is 18.1 Å². The molecule has 1 fully saturated rings. The van der Waals surface area contributed by atoms with Gasteiger partial charge in [-0.05, 0) is 6.26 Å². The standard InChI is InChI=1S/C10H16OS2/c1-6-8(11)5-7(9(6)12)10(2,3)13-4/h6-7H,5H2,1-4H3. The molecule has 0 amide bonds. The zero-order valence-electron chi connectivity index (χ0n) is 8.59. The number of ketones is 1.